The maximum atomic E-state index is 6.19. The standard InChI is InChI=1S/C14H17ClN2O/c1-2-10-7-11(15)8-12-14(10)16-9-17(12)13-5-3-4-6-18-13/h7-9,13H,2-6H2,1H3. The first-order chi connectivity index (χ1) is 8.79. The Morgan fingerprint density at radius 2 is 2.33 bits per heavy atom. The summed E-state index contributed by atoms with van der Waals surface area (Å²) in [7, 11) is 0. The molecular weight excluding hydrogens is 248 g/mol. The van der Waals surface area contributed by atoms with Gasteiger partial charge in [0.2, 0.25) is 0 Å². The minimum atomic E-state index is 0.118. The van der Waals surface area contributed by atoms with Crippen molar-refractivity contribution in [3.05, 3.63) is 29.0 Å². The zero-order valence-electron chi connectivity index (χ0n) is 10.5. The number of fused-ring (bicyclic) bond motifs is 1. The van der Waals surface area contributed by atoms with Crippen LogP contribution in [0.4, 0.5) is 0 Å². The second kappa shape index (κ2) is 4.90. The highest BCUT2D eigenvalue weighted by molar-refractivity contribution is 6.31. The quantitative estimate of drug-likeness (QED) is 0.821. The Bertz CT molecular complexity index is 558. The Hall–Kier alpha value is -1.06. The number of rotatable bonds is 2. The molecule has 3 rings (SSSR count). The van der Waals surface area contributed by atoms with Crippen LogP contribution in [0.1, 0.15) is 38.0 Å². The molecule has 1 aromatic carbocycles. The summed E-state index contributed by atoms with van der Waals surface area (Å²) in [5.74, 6) is 0. The van der Waals surface area contributed by atoms with Crippen molar-refractivity contribution in [3.8, 4) is 0 Å². The van der Waals surface area contributed by atoms with Crippen LogP contribution in [0.5, 0.6) is 0 Å². The molecule has 0 amide bonds. The molecule has 1 unspecified atom stereocenters. The number of hydrogen-bond acceptors (Lipinski definition) is 2. The lowest BCUT2D eigenvalue weighted by Crippen LogP contribution is -2.17. The van der Waals surface area contributed by atoms with Crippen molar-refractivity contribution in [3.63, 3.8) is 0 Å². The fraction of sp³-hybridized carbons (Fsp3) is 0.500. The van der Waals surface area contributed by atoms with Gasteiger partial charge in [-0.05, 0) is 43.4 Å². The van der Waals surface area contributed by atoms with Crippen LogP contribution in [0.25, 0.3) is 11.0 Å². The number of aromatic nitrogens is 2. The average Bonchev–Trinajstić information content (AvgIpc) is 2.82. The number of nitrogens with zero attached hydrogens (tertiary/aromatic N) is 2. The molecule has 18 heavy (non-hydrogen) atoms. The second-order valence-electron chi connectivity index (χ2n) is 4.76. The summed E-state index contributed by atoms with van der Waals surface area (Å²) < 4.78 is 7.95. The van der Waals surface area contributed by atoms with Crippen molar-refractivity contribution < 1.29 is 4.74 Å². The predicted molar refractivity (Wildman–Crippen MR) is 73.0 cm³/mol. The van der Waals surface area contributed by atoms with Crippen LogP contribution in [0.15, 0.2) is 18.5 Å². The lowest BCUT2D eigenvalue weighted by atomic mass is 10.1. The maximum absolute atomic E-state index is 6.19. The van der Waals surface area contributed by atoms with Crippen LogP contribution in [-0.4, -0.2) is 16.2 Å². The number of hydrogen-bond donors (Lipinski definition) is 0. The third kappa shape index (κ3) is 2.02. The molecule has 1 atom stereocenters. The Morgan fingerprint density at radius 1 is 1.44 bits per heavy atom. The largest absolute Gasteiger partial charge is 0.358 e. The summed E-state index contributed by atoms with van der Waals surface area (Å²) in [6, 6.07) is 3.99. The van der Waals surface area contributed by atoms with E-state index >= 15 is 0 Å². The minimum Gasteiger partial charge on any atom is -0.358 e. The Balaban J connectivity index is 2.10. The lowest BCUT2D eigenvalue weighted by Gasteiger charge is -2.24. The van der Waals surface area contributed by atoms with Crippen LogP contribution in [0, 0.1) is 0 Å². The van der Waals surface area contributed by atoms with E-state index in [1.54, 1.807) is 0 Å². The number of aryl methyl sites for hydroxylation is 1. The van der Waals surface area contributed by atoms with Crippen molar-refractivity contribution >= 4 is 22.6 Å². The van der Waals surface area contributed by atoms with Gasteiger partial charge < -0.3 is 9.30 Å². The van der Waals surface area contributed by atoms with Crippen LogP contribution >= 0.6 is 11.6 Å². The molecule has 0 radical (unpaired) electrons. The van der Waals surface area contributed by atoms with Gasteiger partial charge in [-0.2, -0.15) is 0 Å². The monoisotopic (exact) mass is 264 g/mol. The molecule has 1 fully saturated rings. The molecule has 0 saturated carbocycles. The first-order valence-corrected chi connectivity index (χ1v) is 6.94. The fourth-order valence-electron chi connectivity index (χ4n) is 2.61. The van der Waals surface area contributed by atoms with Crippen LogP contribution in [-0.2, 0) is 11.2 Å². The van der Waals surface area contributed by atoms with E-state index in [0.29, 0.717) is 0 Å². The van der Waals surface area contributed by atoms with Crippen molar-refractivity contribution in [2.24, 2.45) is 0 Å². The minimum absolute atomic E-state index is 0.118. The van der Waals surface area contributed by atoms with Gasteiger partial charge in [-0.3, -0.25) is 0 Å². The Kier molecular flexibility index (Phi) is 3.27. The van der Waals surface area contributed by atoms with Gasteiger partial charge in [0.25, 0.3) is 0 Å². The summed E-state index contributed by atoms with van der Waals surface area (Å²) >= 11 is 6.19. The van der Waals surface area contributed by atoms with E-state index in [4.69, 9.17) is 16.3 Å². The number of imidazole rings is 1. The first kappa shape index (κ1) is 12.0. The third-order valence-corrected chi connectivity index (χ3v) is 3.79. The highest BCUT2D eigenvalue weighted by atomic mass is 35.5. The first-order valence-electron chi connectivity index (χ1n) is 6.56. The number of halogens is 1. The van der Waals surface area contributed by atoms with Crippen LogP contribution < -0.4 is 0 Å². The zero-order valence-corrected chi connectivity index (χ0v) is 11.3. The zero-order chi connectivity index (χ0) is 12.5. The van der Waals surface area contributed by atoms with E-state index in [9.17, 15) is 0 Å². The Morgan fingerprint density at radius 3 is 3.06 bits per heavy atom. The SMILES string of the molecule is CCc1cc(Cl)cc2c1ncn2C1CCCCO1. The average molecular weight is 265 g/mol. The third-order valence-electron chi connectivity index (χ3n) is 3.57. The van der Waals surface area contributed by atoms with Gasteiger partial charge in [0, 0.05) is 11.6 Å². The number of benzene rings is 1. The van der Waals surface area contributed by atoms with Crippen molar-refractivity contribution in [1.29, 1.82) is 0 Å². The van der Waals surface area contributed by atoms with Gasteiger partial charge in [0.15, 0.2) is 0 Å². The van der Waals surface area contributed by atoms with Crippen molar-refractivity contribution in [1.82, 2.24) is 9.55 Å². The molecular formula is C14H17ClN2O. The normalized spacial score (nSPS) is 20.4. The van der Waals surface area contributed by atoms with Crippen molar-refractivity contribution in [2.45, 2.75) is 38.8 Å². The fourth-order valence-corrected chi connectivity index (χ4v) is 2.85. The van der Waals surface area contributed by atoms with E-state index in [-0.39, 0.29) is 6.23 Å². The van der Waals surface area contributed by atoms with Crippen LogP contribution in [0.2, 0.25) is 5.02 Å². The summed E-state index contributed by atoms with van der Waals surface area (Å²) in [6.07, 6.45) is 6.37. The molecule has 2 aromatic rings. The topological polar surface area (TPSA) is 27.1 Å². The van der Waals surface area contributed by atoms with E-state index in [1.165, 1.54) is 12.0 Å². The van der Waals surface area contributed by atoms with Gasteiger partial charge in [-0.1, -0.05) is 18.5 Å². The highest BCUT2D eigenvalue weighted by Crippen LogP contribution is 2.29. The maximum Gasteiger partial charge on any atom is 0.135 e. The van der Waals surface area contributed by atoms with E-state index in [2.05, 4.69) is 16.5 Å². The summed E-state index contributed by atoms with van der Waals surface area (Å²) in [5, 5.41) is 0.775. The van der Waals surface area contributed by atoms with Gasteiger partial charge >= 0.3 is 0 Å². The second-order valence-corrected chi connectivity index (χ2v) is 5.20. The highest BCUT2D eigenvalue weighted by Gasteiger charge is 2.18. The number of ether oxygens (including phenoxy) is 1. The van der Waals surface area contributed by atoms with Gasteiger partial charge in [-0.15, -0.1) is 0 Å². The molecule has 0 spiro atoms. The lowest BCUT2D eigenvalue weighted by molar-refractivity contribution is -0.0295. The Labute approximate surface area is 112 Å². The molecule has 0 N–H and O–H groups in total. The van der Waals surface area contributed by atoms with Gasteiger partial charge in [-0.25, -0.2) is 4.98 Å². The summed E-state index contributed by atoms with van der Waals surface area (Å²) in [6.45, 7) is 2.97. The van der Waals surface area contributed by atoms with Crippen molar-refractivity contribution in [2.75, 3.05) is 6.61 Å². The molecule has 96 valence electrons. The molecule has 1 saturated heterocycles. The molecule has 0 bridgehead atoms. The van der Waals surface area contributed by atoms with Gasteiger partial charge in [0.05, 0.1) is 17.4 Å². The smallest absolute Gasteiger partial charge is 0.135 e. The molecule has 0 aliphatic carbocycles. The molecule has 1 aromatic heterocycles. The van der Waals surface area contributed by atoms with Crippen LogP contribution in [0.3, 0.4) is 0 Å². The molecule has 4 heteroatoms. The molecule has 1 aliphatic heterocycles. The van der Waals surface area contributed by atoms with E-state index in [1.807, 2.05) is 18.5 Å². The predicted octanol–water partition coefficient (Wildman–Crippen LogP) is 3.95. The van der Waals surface area contributed by atoms with Gasteiger partial charge in [0.1, 0.15) is 6.23 Å². The summed E-state index contributed by atoms with van der Waals surface area (Å²) in [4.78, 5) is 4.53. The van der Waals surface area contributed by atoms with E-state index < -0.39 is 0 Å². The summed E-state index contributed by atoms with van der Waals surface area (Å²) in [5.41, 5.74) is 3.34. The molecule has 3 nitrogen and oxygen atoms in total. The molecule has 1 aliphatic rings. The molecule has 2 heterocycles. The van der Waals surface area contributed by atoms with E-state index in [0.717, 1.165) is 41.9 Å².